The smallest absolute Gasteiger partial charge is 0.0174 e. The van der Waals surface area contributed by atoms with Crippen LogP contribution >= 0.6 is 11.6 Å². The molecule has 0 saturated carbocycles. The molecule has 0 amide bonds. The lowest BCUT2D eigenvalue weighted by atomic mass is 9.92. The van der Waals surface area contributed by atoms with Crippen LogP contribution < -0.4 is 5.73 Å². The Bertz CT molecular complexity index is 168. The van der Waals surface area contributed by atoms with Gasteiger partial charge in [0.15, 0.2) is 0 Å². The van der Waals surface area contributed by atoms with Crippen molar-refractivity contribution in [3.05, 3.63) is 11.6 Å². The van der Waals surface area contributed by atoms with Crippen LogP contribution in [-0.4, -0.2) is 30.6 Å². The Hall–Kier alpha value is -0.0500. The summed E-state index contributed by atoms with van der Waals surface area (Å²) in [6.07, 6.45) is 4.53. The van der Waals surface area contributed by atoms with E-state index in [0.29, 0.717) is 12.0 Å². The predicted octanol–water partition coefficient (Wildman–Crippen LogP) is 1.80. The molecule has 0 aromatic carbocycles. The van der Waals surface area contributed by atoms with Gasteiger partial charge in [0, 0.05) is 24.7 Å². The Kier molecular flexibility index (Phi) is 4.78. The highest BCUT2D eigenvalue weighted by Gasteiger charge is 2.21. The Morgan fingerprint density at radius 3 is 3.08 bits per heavy atom. The number of nitrogens with two attached hydrogens (primary N) is 1. The Balaban J connectivity index is 2.33. The second-order valence-electron chi connectivity index (χ2n) is 3.88. The van der Waals surface area contributed by atoms with Crippen LogP contribution in [0.2, 0.25) is 0 Å². The molecule has 0 spiro atoms. The molecule has 3 heteroatoms. The molecule has 1 heterocycles. The summed E-state index contributed by atoms with van der Waals surface area (Å²) in [5, 5.41) is 0. The summed E-state index contributed by atoms with van der Waals surface area (Å²) >= 11 is 5.49. The fourth-order valence-corrected chi connectivity index (χ4v) is 1.95. The number of hydrogen-bond donors (Lipinski definition) is 1. The lowest BCUT2D eigenvalue weighted by Gasteiger charge is -2.33. The van der Waals surface area contributed by atoms with E-state index in [2.05, 4.69) is 11.8 Å². The number of likely N-dealkylation sites (tertiary alicyclic amines) is 1. The van der Waals surface area contributed by atoms with E-state index in [1.54, 1.807) is 5.54 Å². The first-order valence-corrected chi connectivity index (χ1v) is 5.41. The van der Waals surface area contributed by atoms with E-state index in [0.717, 1.165) is 13.1 Å². The van der Waals surface area contributed by atoms with E-state index in [4.69, 9.17) is 17.3 Å². The van der Waals surface area contributed by atoms with E-state index >= 15 is 0 Å². The van der Waals surface area contributed by atoms with Gasteiger partial charge in [-0.1, -0.05) is 17.7 Å². The number of rotatable bonds is 3. The molecule has 0 aromatic heterocycles. The van der Waals surface area contributed by atoms with E-state index in [9.17, 15) is 0 Å². The van der Waals surface area contributed by atoms with Crippen LogP contribution in [0.4, 0.5) is 0 Å². The van der Waals surface area contributed by atoms with Crippen molar-refractivity contribution in [2.75, 3.05) is 19.6 Å². The maximum absolute atomic E-state index is 5.89. The van der Waals surface area contributed by atoms with Crippen molar-refractivity contribution >= 4 is 11.6 Å². The van der Waals surface area contributed by atoms with Gasteiger partial charge in [-0.15, -0.1) is 0 Å². The molecule has 2 N–H and O–H groups in total. The fourth-order valence-electron chi connectivity index (χ4n) is 1.88. The Morgan fingerprint density at radius 1 is 1.69 bits per heavy atom. The SMILES string of the molecule is CC(N)C1CCCN(CC=CCl)C1. The minimum atomic E-state index is 0.322. The third-order valence-electron chi connectivity index (χ3n) is 2.74. The molecule has 0 bridgehead atoms. The van der Waals surface area contributed by atoms with Crippen LogP contribution in [-0.2, 0) is 0 Å². The van der Waals surface area contributed by atoms with Crippen molar-refractivity contribution in [2.45, 2.75) is 25.8 Å². The molecular weight excluding hydrogens is 184 g/mol. The maximum atomic E-state index is 5.89. The zero-order chi connectivity index (χ0) is 9.68. The molecule has 2 nitrogen and oxygen atoms in total. The van der Waals surface area contributed by atoms with Crippen LogP contribution in [0.1, 0.15) is 19.8 Å². The standard InChI is InChI=1S/C10H19ClN2/c1-9(12)10-4-2-6-13(8-10)7-3-5-11/h3,5,9-10H,2,4,6-8,12H2,1H3. The van der Waals surface area contributed by atoms with E-state index < -0.39 is 0 Å². The molecule has 76 valence electrons. The number of piperidine rings is 1. The van der Waals surface area contributed by atoms with Gasteiger partial charge in [-0.3, -0.25) is 4.90 Å². The zero-order valence-corrected chi connectivity index (χ0v) is 9.00. The molecule has 2 atom stereocenters. The predicted molar refractivity (Wildman–Crippen MR) is 57.8 cm³/mol. The second kappa shape index (κ2) is 5.63. The summed E-state index contributed by atoms with van der Waals surface area (Å²) in [6, 6.07) is 0.322. The minimum absolute atomic E-state index is 0.322. The van der Waals surface area contributed by atoms with Gasteiger partial charge in [-0.05, 0) is 32.2 Å². The van der Waals surface area contributed by atoms with Gasteiger partial charge in [0.2, 0.25) is 0 Å². The highest BCUT2D eigenvalue weighted by Crippen LogP contribution is 2.18. The Morgan fingerprint density at radius 2 is 2.46 bits per heavy atom. The Labute approximate surface area is 85.7 Å². The number of hydrogen-bond acceptors (Lipinski definition) is 2. The summed E-state index contributed by atoms with van der Waals surface area (Å²) in [5.74, 6) is 0.664. The fraction of sp³-hybridized carbons (Fsp3) is 0.800. The van der Waals surface area contributed by atoms with E-state index in [-0.39, 0.29) is 0 Å². The lowest BCUT2D eigenvalue weighted by molar-refractivity contribution is 0.176. The van der Waals surface area contributed by atoms with Gasteiger partial charge in [0.05, 0.1) is 0 Å². The van der Waals surface area contributed by atoms with Gasteiger partial charge in [0.1, 0.15) is 0 Å². The highest BCUT2D eigenvalue weighted by atomic mass is 35.5. The van der Waals surface area contributed by atoms with Crippen molar-refractivity contribution in [2.24, 2.45) is 11.7 Å². The first kappa shape index (κ1) is 11.0. The van der Waals surface area contributed by atoms with Gasteiger partial charge < -0.3 is 5.73 Å². The molecule has 1 fully saturated rings. The van der Waals surface area contributed by atoms with Gasteiger partial charge in [0.25, 0.3) is 0 Å². The third kappa shape index (κ3) is 3.67. The summed E-state index contributed by atoms with van der Waals surface area (Å²) < 4.78 is 0. The van der Waals surface area contributed by atoms with Gasteiger partial charge >= 0.3 is 0 Å². The first-order valence-electron chi connectivity index (χ1n) is 4.97. The number of nitrogens with zero attached hydrogens (tertiary/aromatic N) is 1. The van der Waals surface area contributed by atoms with Crippen molar-refractivity contribution in [3.63, 3.8) is 0 Å². The highest BCUT2D eigenvalue weighted by molar-refractivity contribution is 6.25. The van der Waals surface area contributed by atoms with Crippen molar-refractivity contribution in [1.29, 1.82) is 0 Å². The van der Waals surface area contributed by atoms with Gasteiger partial charge in [-0.25, -0.2) is 0 Å². The molecule has 2 unspecified atom stereocenters. The molecule has 1 saturated heterocycles. The topological polar surface area (TPSA) is 29.3 Å². The molecular formula is C10H19ClN2. The zero-order valence-electron chi connectivity index (χ0n) is 8.25. The average molecular weight is 203 g/mol. The molecule has 0 radical (unpaired) electrons. The molecule has 13 heavy (non-hydrogen) atoms. The van der Waals surface area contributed by atoms with Crippen LogP contribution in [0.3, 0.4) is 0 Å². The summed E-state index contributed by atoms with van der Waals surface area (Å²) in [6.45, 7) is 5.38. The van der Waals surface area contributed by atoms with E-state index in [1.807, 2.05) is 6.08 Å². The third-order valence-corrected chi connectivity index (χ3v) is 2.92. The van der Waals surface area contributed by atoms with Crippen molar-refractivity contribution in [1.82, 2.24) is 4.90 Å². The molecule has 1 aliphatic heterocycles. The lowest BCUT2D eigenvalue weighted by Crippen LogP contribution is -2.42. The summed E-state index contributed by atoms with van der Waals surface area (Å²) in [7, 11) is 0. The van der Waals surface area contributed by atoms with Crippen molar-refractivity contribution in [3.8, 4) is 0 Å². The maximum Gasteiger partial charge on any atom is 0.0174 e. The van der Waals surface area contributed by atoms with Crippen molar-refractivity contribution < 1.29 is 0 Å². The van der Waals surface area contributed by atoms with Gasteiger partial charge in [-0.2, -0.15) is 0 Å². The summed E-state index contributed by atoms with van der Waals surface area (Å²) in [5.41, 5.74) is 7.48. The summed E-state index contributed by atoms with van der Waals surface area (Å²) in [4.78, 5) is 2.41. The molecule has 0 aromatic rings. The number of halogens is 1. The minimum Gasteiger partial charge on any atom is -0.328 e. The average Bonchev–Trinajstić information content (AvgIpc) is 2.15. The second-order valence-corrected chi connectivity index (χ2v) is 4.13. The van der Waals surface area contributed by atoms with E-state index in [1.165, 1.54) is 19.4 Å². The van der Waals surface area contributed by atoms with Crippen LogP contribution in [0.5, 0.6) is 0 Å². The van der Waals surface area contributed by atoms with Crippen LogP contribution in [0, 0.1) is 5.92 Å². The van der Waals surface area contributed by atoms with Crippen LogP contribution in [0.25, 0.3) is 0 Å². The molecule has 1 aliphatic rings. The van der Waals surface area contributed by atoms with Crippen LogP contribution in [0.15, 0.2) is 11.6 Å². The normalized spacial score (nSPS) is 28.1. The monoisotopic (exact) mass is 202 g/mol. The molecule has 0 aliphatic carbocycles. The largest absolute Gasteiger partial charge is 0.328 e. The quantitative estimate of drug-likeness (QED) is 0.757. The molecule has 1 rings (SSSR count). The first-order chi connectivity index (χ1) is 6.24.